The Kier molecular flexibility index (Phi) is 3.79. The Hall–Kier alpha value is -1.65. The van der Waals surface area contributed by atoms with Gasteiger partial charge >= 0.3 is 5.69 Å². The number of nitrogens with zero attached hydrogens (tertiary/aromatic N) is 2. The highest BCUT2D eigenvalue weighted by atomic mass is 16.6. The number of rotatable bonds is 6. The third kappa shape index (κ3) is 2.97. The number of hydrogen-bond acceptors (Lipinski definition) is 4. The molecule has 0 amide bonds. The molecule has 0 spiro atoms. The largest absolute Gasteiger partial charge is 0.362 e. The van der Waals surface area contributed by atoms with E-state index in [9.17, 15) is 10.1 Å². The molecule has 1 aromatic rings. The number of nitrogens with one attached hydrogen (secondary N) is 1. The molecule has 1 atom stereocenters. The Bertz CT molecular complexity index is 444. The SMILES string of the molecule is CCC(CC1CC1)Nc1nccc(C)c1[N+](=O)[O-]. The fraction of sp³-hybridized carbons (Fsp3) is 0.615. The lowest BCUT2D eigenvalue weighted by Gasteiger charge is -2.17. The summed E-state index contributed by atoms with van der Waals surface area (Å²) in [6.07, 6.45) is 6.25. The van der Waals surface area contributed by atoms with Crippen molar-refractivity contribution >= 4 is 11.5 Å². The molecule has 0 radical (unpaired) electrons. The van der Waals surface area contributed by atoms with E-state index in [-0.39, 0.29) is 16.7 Å². The molecule has 0 bridgehead atoms. The van der Waals surface area contributed by atoms with Crippen LogP contribution >= 0.6 is 0 Å². The lowest BCUT2D eigenvalue weighted by atomic mass is 10.1. The van der Waals surface area contributed by atoms with Crippen molar-refractivity contribution in [3.05, 3.63) is 27.9 Å². The van der Waals surface area contributed by atoms with Crippen molar-refractivity contribution in [1.29, 1.82) is 0 Å². The first-order valence-corrected chi connectivity index (χ1v) is 6.48. The van der Waals surface area contributed by atoms with Crippen molar-refractivity contribution in [2.45, 2.75) is 45.6 Å². The Morgan fingerprint density at radius 2 is 2.33 bits per heavy atom. The van der Waals surface area contributed by atoms with E-state index in [1.165, 1.54) is 12.8 Å². The summed E-state index contributed by atoms with van der Waals surface area (Å²) in [5.74, 6) is 1.21. The maximum absolute atomic E-state index is 11.1. The first-order valence-electron chi connectivity index (χ1n) is 6.48. The zero-order chi connectivity index (χ0) is 13.1. The molecule has 1 fully saturated rings. The molecule has 1 N–H and O–H groups in total. The summed E-state index contributed by atoms with van der Waals surface area (Å²) in [6.45, 7) is 3.84. The average Bonchev–Trinajstić information content (AvgIpc) is 3.11. The fourth-order valence-corrected chi connectivity index (χ4v) is 2.16. The fourth-order valence-electron chi connectivity index (χ4n) is 2.16. The minimum Gasteiger partial charge on any atom is -0.362 e. The standard InChI is InChI=1S/C13H19N3O2/c1-3-11(8-10-4-5-10)15-13-12(16(17)18)9(2)6-7-14-13/h6-7,10-11H,3-5,8H2,1-2H3,(H,14,15). The molecule has 5 nitrogen and oxygen atoms in total. The van der Waals surface area contributed by atoms with Gasteiger partial charge in [0.25, 0.3) is 0 Å². The Morgan fingerprint density at radius 3 is 2.89 bits per heavy atom. The van der Waals surface area contributed by atoms with Gasteiger partial charge in [-0.3, -0.25) is 10.1 Å². The molecule has 1 heterocycles. The van der Waals surface area contributed by atoms with Crippen LogP contribution in [-0.4, -0.2) is 15.9 Å². The van der Waals surface area contributed by atoms with Crippen LogP contribution in [0.2, 0.25) is 0 Å². The van der Waals surface area contributed by atoms with E-state index in [2.05, 4.69) is 17.2 Å². The summed E-state index contributed by atoms with van der Waals surface area (Å²) in [4.78, 5) is 14.8. The number of anilines is 1. The van der Waals surface area contributed by atoms with E-state index in [1.54, 1.807) is 19.2 Å². The van der Waals surface area contributed by atoms with Gasteiger partial charge < -0.3 is 5.32 Å². The highest BCUT2D eigenvalue weighted by molar-refractivity contribution is 5.60. The third-order valence-corrected chi connectivity index (χ3v) is 3.46. The topological polar surface area (TPSA) is 68.1 Å². The van der Waals surface area contributed by atoms with Gasteiger partial charge in [-0.25, -0.2) is 4.98 Å². The highest BCUT2D eigenvalue weighted by Gasteiger charge is 2.26. The van der Waals surface area contributed by atoms with Gasteiger partial charge in [-0.05, 0) is 31.7 Å². The molecule has 1 unspecified atom stereocenters. The molecule has 1 aliphatic rings. The molecule has 0 aromatic carbocycles. The van der Waals surface area contributed by atoms with Crippen LogP contribution < -0.4 is 5.32 Å². The van der Waals surface area contributed by atoms with Gasteiger partial charge in [0.05, 0.1) is 4.92 Å². The number of aromatic nitrogens is 1. The Morgan fingerprint density at radius 1 is 1.61 bits per heavy atom. The normalized spacial score (nSPS) is 16.3. The number of aryl methyl sites for hydroxylation is 1. The van der Waals surface area contributed by atoms with Crippen molar-refractivity contribution in [2.24, 2.45) is 5.92 Å². The van der Waals surface area contributed by atoms with Crippen LogP contribution in [0, 0.1) is 23.0 Å². The van der Waals surface area contributed by atoms with Crippen LogP contribution in [0.3, 0.4) is 0 Å². The summed E-state index contributed by atoms with van der Waals surface area (Å²) in [7, 11) is 0. The van der Waals surface area contributed by atoms with Crippen LogP contribution in [0.1, 0.15) is 38.2 Å². The predicted molar refractivity (Wildman–Crippen MR) is 70.7 cm³/mol. The van der Waals surface area contributed by atoms with Crippen LogP contribution in [0.5, 0.6) is 0 Å². The average molecular weight is 249 g/mol. The second-order valence-corrected chi connectivity index (χ2v) is 5.01. The summed E-state index contributed by atoms with van der Waals surface area (Å²) < 4.78 is 0. The van der Waals surface area contributed by atoms with Gasteiger partial charge in [0.2, 0.25) is 5.82 Å². The molecule has 2 rings (SSSR count). The third-order valence-electron chi connectivity index (χ3n) is 3.46. The first-order chi connectivity index (χ1) is 8.61. The van der Waals surface area contributed by atoms with E-state index in [1.807, 2.05) is 0 Å². The quantitative estimate of drug-likeness (QED) is 0.620. The molecular formula is C13H19N3O2. The Balaban J connectivity index is 2.15. The number of hydrogen-bond donors (Lipinski definition) is 1. The number of pyridine rings is 1. The summed E-state index contributed by atoms with van der Waals surface area (Å²) >= 11 is 0. The van der Waals surface area contributed by atoms with Crippen molar-refractivity contribution in [3.63, 3.8) is 0 Å². The van der Waals surface area contributed by atoms with E-state index in [0.29, 0.717) is 11.4 Å². The summed E-state index contributed by atoms with van der Waals surface area (Å²) in [5, 5.41) is 14.3. The summed E-state index contributed by atoms with van der Waals surface area (Å²) in [6, 6.07) is 1.95. The monoisotopic (exact) mass is 249 g/mol. The number of nitro groups is 1. The molecule has 5 heteroatoms. The lowest BCUT2D eigenvalue weighted by molar-refractivity contribution is -0.384. The first kappa shape index (κ1) is 12.8. The molecule has 1 aliphatic carbocycles. The van der Waals surface area contributed by atoms with Crippen LogP contribution in [0.4, 0.5) is 11.5 Å². The smallest absolute Gasteiger partial charge is 0.314 e. The van der Waals surface area contributed by atoms with E-state index in [4.69, 9.17) is 0 Å². The second-order valence-electron chi connectivity index (χ2n) is 5.01. The molecule has 1 saturated carbocycles. The zero-order valence-electron chi connectivity index (χ0n) is 10.8. The lowest BCUT2D eigenvalue weighted by Crippen LogP contribution is -2.20. The van der Waals surface area contributed by atoms with E-state index >= 15 is 0 Å². The van der Waals surface area contributed by atoms with Crippen LogP contribution in [-0.2, 0) is 0 Å². The van der Waals surface area contributed by atoms with Gasteiger partial charge in [0.15, 0.2) is 0 Å². The predicted octanol–water partition coefficient (Wildman–Crippen LogP) is 3.29. The van der Waals surface area contributed by atoms with Crippen molar-refractivity contribution in [2.75, 3.05) is 5.32 Å². The van der Waals surface area contributed by atoms with Gasteiger partial charge in [0.1, 0.15) is 0 Å². The minimum absolute atomic E-state index is 0.103. The highest BCUT2D eigenvalue weighted by Crippen LogP contribution is 2.35. The maximum atomic E-state index is 11.1. The van der Waals surface area contributed by atoms with Crippen LogP contribution in [0.25, 0.3) is 0 Å². The minimum atomic E-state index is -0.353. The van der Waals surface area contributed by atoms with Gasteiger partial charge in [-0.15, -0.1) is 0 Å². The van der Waals surface area contributed by atoms with Gasteiger partial charge in [0, 0.05) is 17.8 Å². The maximum Gasteiger partial charge on any atom is 0.314 e. The summed E-state index contributed by atoms with van der Waals surface area (Å²) in [5.41, 5.74) is 0.755. The van der Waals surface area contributed by atoms with Crippen LogP contribution in [0.15, 0.2) is 12.3 Å². The molecule has 18 heavy (non-hydrogen) atoms. The van der Waals surface area contributed by atoms with E-state index < -0.39 is 0 Å². The van der Waals surface area contributed by atoms with Crippen molar-refractivity contribution in [3.8, 4) is 0 Å². The van der Waals surface area contributed by atoms with Gasteiger partial charge in [-0.2, -0.15) is 0 Å². The zero-order valence-corrected chi connectivity index (χ0v) is 10.8. The van der Waals surface area contributed by atoms with Gasteiger partial charge in [-0.1, -0.05) is 19.8 Å². The molecule has 98 valence electrons. The van der Waals surface area contributed by atoms with E-state index in [0.717, 1.165) is 18.8 Å². The second kappa shape index (κ2) is 5.33. The Labute approximate surface area is 107 Å². The van der Waals surface area contributed by atoms with Crippen molar-refractivity contribution in [1.82, 2.24) is 4.98 Å². The molecular weight excluding hydrogens is 230 g/mol. The molecule has 0 saturated heterocycles. The molecule has 0 aliphatic heterocycles. The molecule has 1 aromatic heterocycles. The van der Waals surface area contributed by atoms with Crippen molar-refractivity contribution < 1.29 is 4.92 Å².